The van der Waals surface area contributed by atoms with Crippen LogP contribution in [0.4, 0.5) is 5.82 Å². The van der Waals surface area contributed by atoms with Crippen molar-refractivity contribution in [2.24, 2.45) is 4.99 Å². The minimum Gasteiger partial charge on any atom is -0.493 e. The van der Waals surface area contributed by atoms with E-state index in [1.54, 1.807) is 0 Å². The number of likely N-dealkylation sites (N-methyl/N-ethyl adjacent to an activating group) is 1. The summed E-state index contributed by atoms with van der Waals surface area (Å²) in [6, 6.07) is 10.8. The molecule has 3 heterocycles. The lowest BCUT2D eigenvalue weighted by Gasteiger charge is -2.33. The Balaban J connectivity index is 0.00000289. The van der Waals surface area contributed by atoms with Crippen molar-refractivity contribution in [3.63, 3.8) is 0 Å². The first-order chi connectivity index (χ1) is 15.2. The van der Waals surface area contributed by atoms with E-state index < -0.39 is 0 Å². The van der Waals surface area contributed by atoms with Crippen molar-refractivity contribution in [2.45, 2.75) is 26.3 Å². The third-order valence-electron chi connectivity index (χ3n) is 5.86. The van der Waals surface area contributed by atoms with Gasteiger partial charge in [-0.05, 0) is 55.3 Å². The van der Waals surface area contributed by atoms with Gasteiger partial charge >= 0.3 is 0 Å². The molecule has 32 heavy (non-hydrogen) atoms. The van der Waals surface area contributed by atoms with Crippen LogP contribution in [0.1, 0.15) is 23.6 Å². The summed E-state index contributed by atoms with van der Waals surface area (Å²) in [5.41, 5.74) is 3.84. The van der Waals surface area contributed by atoms with Crippen LogP contribution >= 0.6 is 24.0 Å². The summed E-state index contributed by atoms with van der Waals surface area (Å²) in [6.45, 7) is 9.42. The molecule has 1 aromatic heterocycles. The molecule has 0 amide bonds. The molecule has 2 aliphatic rings. The Hall–Kier alpha value is -2.07. The lowest BCUT2D eigenvalue weighted by molar-refractivity contribution is 0.312. The van der Waals surface area contributed by atoms with Gasteiger partial charge in [-0.25, -0.2) is 9.98 Å². The van der Waals surface area contributed by atoms with E-state index in [1.807, 2.05) is 6.20 Å². The van der Waals surface area contributed by atoms with E-state index >= 15 is 0 Å². The summed E-state index contributed by atoms with van der Waals surface area (Å²) in [7, 11) is 2.17. The molecule has 0 saturated carbocycles. The molecular weight excluding hydrogens is 515 g/mol. The van der Waals surface area contributed by atoms with Gasteiger partial charge in [0.15, 0.2) is 5.96 Å². The fourth-order valence-corrected chi connectivity index (χ4v) is 4.00. The van der Waals surface area contributed by atoms with Crippen LogP contribution in [-0.2, 0) is 19.4 Å². The predicted octanol–water partition coefficient (Wildman–Crippen LogP) is 2.68. The van der Waals surface area contributed by atoms with Crippen molar-refractivity contribution in [3.05, 3.63) is 53.2 Å². The summed E-state index contributed by atoms with van der Waals surface area (Å²) in [4.78, 5) is 14.1. The summed E-state index contributed by atoms with van der Waals surface area (Å²) in [5, 5.41) is 6.82. The Morgan fingerprint density at radius 3 is 2.75 bits per heavy atom. The summed E-state index contributed by atoms with van der Waals surface area (Å²) >= 11 is 0. The van der Waals surface area contributed by atoms with Crippen molar-refractivity contribution in [2.75, 3.05) is 57.8 Å². The third-order valence-corrected chi connectivity index (χ3v) is 5.86. The van der Waals surface area contributed by atoms with E-state index in [2.05, 4.69) is 69.7 Å². The second-order valence-corrected chi connectivity index (χ2v) is 8.23. The second-order valence-electron chi connectivity index (χ2n) is 8.23. The number of aliphatic imine (C=N–C) groups is 1. The molecule has 1 fully saturated rings. The molecule has 2 N–H and O–H groups in total. The molecule has 0 radical (unpaired) electrons. The van der Waals surface area contributed by atoms with Gasteiger partial charge in [0, 0.05) is 51.9 Å². The van der Waals surface area contributed by atoms with E-state index in [9.17, 15) is 0 Å². The number of ether oxygens (including phenoxy) is 1. The highest BCUT2D eigenvalue weighted by molar-refractivity contribution is 14.0. The highest BCUT2D eigenvalue weighted by Gasteiger charge is 2.15. The summed E-state index contributed by atoms with van der Waals surface area (Å²) in [6.07, 6.45) is 3.87. The van der Waals surface area contributed by atoms with E-state index in [0.717, 1.165) is 76.2 Å². The number of benzene rings is 1. The molecule has 2 aliphatic heterocycles. The molecule has 0 aliphatic carbocycles. The highest BCUT2D eigenvalue weighted by atomic mass is 127. The van der Waals surface area contributed by atoms with Gasteiger partial charge in [0.25, 0.3) is 0 Å². The number of fused-ring (bicyclic) bond motifs is 1. The van der Waals surface area contributed by atoms with Crippen LogP contribution in [0.3, 0.4) is 0 Å². The zero-order valence-corrected chi connectivity index (χ0v) is 21.5. The fraction of sp³-hybridized carbons (Fsp3) is 0.500. The third kappa shape index (κ3) is 6.71. The lowest BCUT2D eigenvalue weighted by Crippen LogP contribution is -2.44. The van der Waals surface area contributed by atoms with Gasteiger partial charge < -0.3 is 25.2 Å². The Labute approximate surface area is 208 Å². The Kier molecular flexibility index (Phi) is 9.40. The number of guanidine groups is 1. The molecule has 2 aromatic rings. The Bertz CT molecular complexity index is 898. The van der Waals surface area contributed by atoms with Gasteiger partial charge in [-0.3, -0.25) is 0 Å². The van der Waals surface area contributed by atoms with Crippen molar-refractivity contribution in [1.82, 2.24) is 20.5 Å². The lowest BCUT2D eigenvalue weighted by atomic mass is 10.1. The fourth-order valence-electron chi connectivity index (χ4n) is 4.00. The van der Waals surface area contributed by atoms with Gasteiger partial charge in [-0.2, -0.15) is 0 Å². The number of halogens is 1. The quantitative estimate of drug-likeness (QED) is 0.314. The molecule has 1 saturated heterocycles. The Morgan fingerprint density at radius 1 is 1.09 bits per heavy atom. The normalized spacial score (nSPS) is 16.2. The second kappa shape index (κ2) is 12.2. The molecule has 0 unspecified atom stereocenters. The number of nitrogens with one attached hydrogen (secondary N) is 2. The van der Waals surface area contributed by atoms with Crippen LogP contribution in [0.25, 0.3) is 0 Å². The van der Waals surface area contributed by atoms with Crippen LogP contribution < -0.4 is 20.3 Å². The van der Waals surface area contributed by atoms with E-state index in [1.165, 1.54) is 16.7 Å². The largest absolute Gasteiger partial charge is 0.493 e. The van der Waals surface area contributed by atoms with Gasteiger partial charge in [0.1, 0.15) is 11.6 Å². The minimum atomic E-state index is 0. The first kappa shape index (κ1) is 24.6. The Morgan fingerprint density at radius 2 is 1.94 bits per heavy atom. The zero-order valence-electron chi connectivity index (χ0n) is 19.1. The number of hydrogen-bond donors (Lipinski definition) is 2. The van der Waals surface area contributed by atoms with Gasteiger partial charge in [-0.15, -0.1) is 24.0 Å². The smallest absolute Gasteiger partial charge is 0.191 e. The maximum atomic E-state index is 5.60. The van der Waals surface area contributed by atoms with Gasteiger partial charge in [-0.1, -0.05) is 12.1 Å². The first-order valence-corrected chi connectivity index (χ1v) is 11.4. The molecule has 7 nitrogen and oxygen atoms in total. The molecule has 0 bridgehead atoms. The van der Waals surface area contributed by atoms with Crippen LogP contribution in [0.2, 0.25) is 0 Å². The van der Waals surface area contributed by atoms with E-state index in [0.29, 0.717) is 6.54 Å². The van der Waals surface area contributed by atoms with Gasteiger partial charge in [0.2, 0.25) is 0 Å². The maximum Gasteiger partial charge on any atom is 0.191 e. The van der Waals surface area contributed by atoms with Crippen molar-refractivity contribution in [3.8, 4) is 5.75 Å². The number of nitrogens with zero attached hydrogens (tertiary/aromatic N) is 4. The number of hydrogen-bond acceptors (Lipinski definition) is 5. The topological polar surface area (TPSA) is 65.0 Å². The highest BCUT2D eigenvalue weighted by Crippen LogP contribution is 2.25. The van der Waals surface area contributed by atoms with Crippen molar-refractivity contribution >= 4 is 35.8 Å². The number of piperazine rings is 1. The molecular formula is C24H35IN6O. The van der Waals surface area contributed by atoms with Crippen LogP contribution in [0.15, 0.2) is 41.5 Å². The standard InChI is InChI=1S/C24H34N6O.HI/c1-3-25-24(27-10-6-19-4-5-22-21(16-19)8-15-31-22)28-18-20-7-9-26-23(17-20)30-13-11-29(2)12-14-30;/h4-5,7,9,16-17H,3,6,8,10-15,18H2,1-2H3,(H2,25,27,28);1H. The SMILES string of the molecule is CCNC(=NCc1ccnc(N2CCN(C)CC2)c1)NCCc1ccc2c(c1)CCO2.I. The van der Waals surface area contributed by atoms with Crippen LogP contribution in [-0.4, -0.2) is 68.8 Å². The van der Waals surface area contributed by atoms with Crippen LogP contribution in [0.5, 0.6) is 5.75 Å². The number of anilines is 1. The van der Waals surface area contributed by atoms with Crippen molar-refractivity contribution < 1.29 is 4.74 Å². The summed E-state index contributed by atoms with van der Waals surface area (Å²) < 4.78 is 5.60. The molecule has 0 spiro atoms. The van der Waals surface area contributed by atoms with E-state index in [-0.39, 0.29) is 24.0 Å². The molecule has 1 aromatic carbocycles. The van der Waals surface area contributed by atoms with E-state index in [4.69, 9.17) is 9.73 Å². The average molecular weight is 550 g/mol. The molecule has 0 atom stereocenters. The number of aromatic nitrogens is 1. The number of rotatable bonds is 7. The monoisotopic (exact) mass is 550 g/mol. The zero-order chi connectivity index (χ0) is 21.5. The number of pyridine rings is 1. The maximum absolute atomic E-state index is 5.60. The first-order valence-electron chi connectivity index (χ1n) is 11.4. The average Bonchev–Trinajstić information content (AvgIpc) is 3.26. The van der Waals surface area contributed by atoms with Crippen LogP contribution in [0, 0.1) is 0 Å². The predicted molar refractivity (Wildman–Crippen MR) is 142 cm³/mol. The molecule has 8 heteroatoms. The van der Waals surface area contributed by atoms with Crippen molar-refractivity contribution in [1.29, 1.82) is 0 Å². The molecule has 4 rings (SSSR count). The summed E-state index contributed by atoms with van der Waals surface area (Å²) in [5.74, 6) is 2.95. The van der Waals surface area contributed by atoms with Gasteiger partial charge in [0.05, 0.1) is 13.2 Å². The molecule has 174 valence electrons. The minimum absolute atomic E-state index is 0.